The Morgan fingerprint density at radius 3 is 2.50 bits per heavy atom. The quantitative estimate of drug-likeness (QED) is 0.514. The highest BCUT2D eigenvalue weighted by Crippen LogP contribution is 2.08. The number of nitrogens with zero attached hydrogens (tertiary/aromatic N) is 1. The predicted molar refractivity (Wildman–Crippen MR) is 98.1 cm³/mol. The second-order valence-electron chi connectivity index (χ2n) is 5.85. The number of carbonyl (C=O) groups excluding carboxylic acids is 1. The third-order valence-electron chi connectivity index (χ3n) is 3.90. The van der Waals surface area contributed by atoms with Crippen LogP contribution in [0.15, 0.2) is 67.8 Å². The van der Waals surface area contributed by atoms with Gasteiger partial charge in [0, 0.05) is 12.7 Å². The van der Waals surface area contributed by atoms with Crippen LogP contribution < -0.4 is 21.7 Å². The van der Waals surface area contributed by atoms with Gasteiger partial charge in [-0.05, 0) is 29.8 Å². The normalized spacial score (nSPS) is 11.3. The number of sulfonamides is 1. The van der Waals surface area contributed by atoms with Crippen molar-refractivity contribution in [3.05, 3.63) is 86.6 Å². The van der Waals surface area contributed by atoms with Crippen molar-refractivity contribution in [1.29, 1.82) is 0 Å². The van der Waals surface area contributed by atoms with Crippen molar-refractivity contribution in [3.8, 4) is 0 Å². The molecule has 0 saturated heterocycles. The number of nitrogens with one attached hydrogen (secondary N) is 2. The van der Waals surface area contributed by atoms with Crippen LogP contribution in [0.25, 0.3) is 0 Å². The lowest BCUT2D eigenvalue weighted by Gasteiger charge is -2.08. The van der Waals surface area contributed by atoms with Crippen LogP contribution in [0.2, 0.25) is 0 Å². The number of carbonyl (C=O) groups is 1. The topological polar surface area (TPSA) is 157 Å². The molecule has 11 heteroatoms. The van der Waals surface area contributed by atoms with Crippen molar-refractivity contribution in [2.45, 2.75) is 18.0 Å². The molecule has 4 N–H and O–H groups in total. The molecular formula is C17H16N4O6S. The van der Waals surface area contributed by atoms with Crippen molar-refractivity contribution in [1.82, 2.24) is 14.9 Å². The lowest BCUT2D eigenvalue weighted by molar-refractivity contribution is 0.0948. The number of amides is 1. The number of aromatic amines is 1. The minimum atomic E-state index is -3.80. The first kappa shape index (κ1) is 19.3. The van der Waals surface area contributed by atoms with Crippen molar-refractivity contribution < 1.29 is 17.6 Å². The largest absolute Gasteiger partial charge is 0.467 e. The zero-order chi connectivity index (χ0) is 20.3. The number of benzene rings is 1. The van der Waals surface area contributed by atoms with Gasteiger partial charge in [-0.1, -0.05) is 12.1 Å². The molecule has 0 atom stereocenters. The van der Waals surface area contributed by atoms with E-state index in [9.17, 15) is 22.8 Å². The number of H-pyrrole nitrogens is 1. The standard InChI is InChI=1S/C17H16N4O6S/c18-28(25,26)13-5-3-11(4-6-13)8-19-15(22)14-9-20-17(24)21(16(14)23)10-12-2-1-7-27-12/h1-7,9H,8,10H2,(H,19,22)(H,20,24)(H2,18,25,26). The van der Waals surface area contributed by atoms with Gasteiger partial charge in [0.25, 0.3) is 11.5 Å². The zero-order valence-electron chi connectivity index (χ0n) is 14.4. The summed E-state index contributed by atoms with van der Waals surface area (Å²) < 4.78 is 28.5. The monoisotopic (exact) mass is 404 g/mol. The Hall–Kier alpha value is -3.44. The summed E-state index contributed by atoms with van der Waals surface area (Å²) in [6, 6.07) is 8.82. The van der Waals surface area contributed by atoms with Crippen LogP contribution in [-0.4, -0.2) is 23.9 Å². The number of nitrogens with two attached hydrogens (primary N) is 1. The van der Waals surface area contributed by atoms with Gasteiger partial charge in [-0.15, -0.1) is 0 Å². The van der Waals surface area contributed by atoms with Crippen LogP contribution in [0, 0.1) is 0 Å². The average Bonchev–Trinajstić information content (AvgIpc) is 3.16. The Bertz CT molecular complexity index is 1210. The van der Waals surface area contributed by atoms with E-state index in [1.54, 1.807) is 12.1 Å². The van der Waals surface area contributed by atoms with Gasteiger partial charge in [-0.25, -0.2) is 18.4 Å². The number of rotatable bonds is 6. The van der Waals surface area contributed by atoms with Crippen LogP contribution in [-0.2, 0) is 23.1 Å². The first-order chi connectivity index (χ1) is 13.3. The number of primary sulfonamides is 1. The smallest absolute Gasteiger partial charge is 0.328 e. The summed E-state index contributed by atoms with van der Waals surface area (Å²) >= 11 is 0. The SMILES string of the molecule is NS(=O)(=O)c1ccc(CNC(=O)c2c[nH]c(=O)n(Cc3ccco3)c2=O)cc1. The van der Waals surface area contributed by atoms with Crippen molar-refractivity contribution in [3.63, 3.8) is 0 Å². The summed E-state index contributed by atoms with van der Waals surface area (Å²) in [5.74, 6) is -0.301. The second kappa shape index (κ2) is 7.66. The summed E-state index contributed by atoms with van der Waals surface area (Å²) in [7, 11) is -3.80. The molecule has 0 radical (unpaired) electrons. The fraction of sp³-hybridized carbons (Fsp3) is 0.118. The maximum absolute atomic E-state index is 12.5. The van der Waals surface area contributed by atoms with Crippen molar-refractivity contribution in [2.24, 2.45) is 5.14 Å². The molecule has 2 heterocycles. The van der Waals surface area contributed by atoms with E-state index in [1.165, 1.54) is 30.5 Å². The van der Waals surface area contributed by atoms with E-state index < -0.39 is 27.2 Å². The van der Waals surface area contributed by atoms with Crippen LogP contribution >= 0.6 is 0 Å². The Morgan fingerprint density at radius 1 is 1.18 bits per heavy atom. The van der Waals surface area contributed by atoms with Crippen LogP contribution in [0.5, 0.6) is 0 Å². The van der Waals surface area contributed by atoms with E-state index in [0.29, 0.717) is 11.3 Å². The molecule has 0 fully saturated rings. The summed E-state index contributed by atoms with van der Waals surface area (Å²) in [4.78, 5) is 39.0. The van der Waals surface area contributed by atoms with Gasteiger partial charge < -0.3 is 14.7 Å². The molecule has 1 amide bonds. The molecule has 2 aromatic heterocycles. The summed E-state index contributed by atoms with van der Waals surface area (Å²) in [6.07, 6.45) is 2.45. The third kappa shape index (κ3) is 4.27. The van der Waals surface area contributed by atoms with Gasteiger partial charge in [-0.3, -0.25) is 14.2 Å². The number of furan rings is 1. The summed E-state index contributed by atoms with van der Waals surface area (Å²) in [5.41, 5.74) is -1.08. The van der Waals surface area contributed by atoms with Gasteiger partial charge in [0.15, 0.2) is 0 Å². The molecule has 0 aliphatic heterocycles. The molecule has 0 saturated carbocycles. The van der Waals surface area contributed by atoms with E-state index in [2.05, 4.69) is 10.3 Å². The van der Waals surface area contributed by atoms with Crippen LogP contribution in [0.1, 0.15) is 21.7 Å². The lowest BCUT2D eigenvalue weighted by Crippen LogP contribution is -2.40. The van der Waals surface area contributed by atoms with Gasteiger partial charge in [-0.2, -0.15) is 0 Å². The summed E-state index contributed by atoms with van der Waals surface area (Å²) in [6.45, 7) is -0.0716. The molecule has 28 heavy (non-hydrogen) atoms. The van der Waals surface area contributed by atoms with E-state index in [0.717, 1.165) is 10.8 Å². The van der Waals surface area contributed by atoms with E-state index >= 15 is 0 Å². The Kier molecular flexibility index (Phi) is 5.29. The second-order valence-corrected chi connectivity index (χ2v) is 7.41. The number of hydrogen-bond acceptors (Lipinski definition) is 6. The van der Waals surface area contributed by atoms with Gasteiger partial charge in [0.05, 0.1) is 17.7 Å². The van der Waals surface area contributed by atoms with Gasteiger partial charge in [0.2, 0.25) is 10.0 Å². The van der Waals surface area contributed by atoms with Crippen molar-refractivity contribution in [2.75, 3.05) is 0 Å². The maximum atomic E-state index is 12.5. The molecule has 146 valence electrons. The molecule has 3 rings (SSSR count). The van der Waals surface area contributed by atoms with E-state index in [1.807, 2.05) is 0 Å². The predicted octanol–water partition coefficient (Wildman–Crippen LogP) is -0.245. The molecular weight excluding hydrogens is 388 g/mol. The van der Waals surface area contributed by atoms with Crippen LogP contribution in [0.3, 0.4) is 0 Å². The van der Waals surface area contributed by atoms with Crippen LogP contribution in [0.4, 0.5) is 0 Å². The first-order valence-corrected chi connectivity index (χ1v) is 9.55. The minimum absolute atomic E-state index is 0.0421. The van der Waals surface area contributed by atoms with Gasteiger partial charge in [0.1, 0.15) is 11.3 Å². The number of aromatic nitrogens is 2. The fourth-order valence-electron chi connectivity index (χ4n) is 2.45. The molecule has 0 aliphatic rings. The zero-order valence-corrected chi connectivity index (χ0v) is 15.2. The molecule has 0 spiro atoms. The third-order valence-corrected chi connectivity index (χ3v) is 4.83. The Balaban J connectivity index is 1.76. The Labute approximate surface area is 158 Å². The Morgan fingerprint density at radius 2 is 1.89 bits per heavy atom. The summed E-state index contributed by atoms with van der Waals surface area (Å²) in [5, 5.41) is 7.57. The molecule has 1 aromatic carbocycles. The van der Waals surface area contributed by atoms with Gasteiger partial charge >= 0.3 is 5.69 Å². The highest BCUT2D eigenvalue weighted by molar-refractivity contribution is 7.89. The molecule has 0 aliphatic carbocycles. The minimum Gasteiger partial charge on any atom is -0.467 e. The first-order valence-electron chi connectivity index (χ1n) is 8.00. The highest BCUT2D eigenvalue weighted by atomic mass is 32.2. The molecule has 0 unspecified atom stereocenters. The van der Waals surface area contributed by atoms with E-state index in [-0.39, 0.29) is 23.5 Å². The molecule has 3 aromatic rings. The molecule has 0 bridgehead atoms. The average molecular weight is 404 g/mol. The lowest BCUT2D eigenvalue weighted by atomic mass is 10.2. The van der Waals surface area contributed by atoms with Crippen molar-refractivity contribution >= 4 is 15.9 Å². The van der Waals surface area contributed by atoms with E-state index in [4.69, 9.17) is 9.56 Å². The maximum Gasteiger partial charge on any atom is 0.328 e. The fourth-order valence-corrected chi connectivity index (χ4v) is 2.97. The highest BCUT2D eigenvalue weighted by Gasteiger charge is 2.15. The number of hydrogen-bond donors (Lipinski definition) is 3. The molecule has 10 nitrogen and oxygen atoms in total.